The first kappa shape index (κ1) is 17.5. The Labute approximate surface area is 152 Å². The molecule has 2 aromatic carbocycles. The minimum absolute atomic E-state index is 0.466. The van der Waals surface area contributed by atoms with E-state index in [-0.39, 0.29) is 0 Å². The molecule has 2 N–H and O–H groups in total. The third-order valence-corrected chi connectivity index (χ3v) is 3.77. The topological polar surface area (TPSA) is 81.2 Å². The highest BCUT2D eigenvalue weighted by Crippen LogP contribution is 2.20. The van der Waals surface area contributed by atoms with Crippen LogP contribution >= 0.6 is 0 Å². The summed E-state index contributed by atoms with van der Waals surface area (Å²) in [5.74, 6) is 2.72. The predicted octanol–water partition coefficient (Wildman–Crippen LogP) is 3.29. The molecule has 1 heterocycles. The van der Waals surface area contributed by atoms with Gasteiger partial charge in [0, 0.05) is 18.3 Å². The molecule has 0 aliphatic carbocycles. The zero-order chi connectivity index (χ0) is 18.2. The Balaban J connectivity index is 1.60. The summed E-state index contributed by atoms with van der Waals surface area (Å²) in [6.45, 7) is 0.671. The molecule has 0 fully saturated rings. The van der Waals surface area contributed by atoms with Crippen molar-refractivity contribution in [2.75, 3.05) is 31.4 Å². The van der Waals surface area contributed by atoms with Gasteiger partial charge in [0.15, 0.2) is 5.82 Å². The number of hydrogen-bond donors (Lipinski definition) is 2. The lowest BCUT2D eigenvalue weighted by Gasteiger charge is -2.10. The van der Waals surface area contributed by atoms with Gasteiger partial charge < -0.3 is 20.1 Å². The minimum Gasteiger partial charge on any atom is -0.497 e. The van der Waals surface area contributed by atoms with Gasteiger partial charge in [-0.1, -0.05) is 24.3 Å². The van der Waals surface area contributed by atoms with E-state index in [4.69, 9.17) is 9.47 Å². The molecule has 134 valence electrons. The van der Waals surface area contributed by atoms with Crippen LogP contribution in [-0.4, -0.2) is 35.9 Å². The van der Waals surface area contributed by atoms with Crippen molar-refractivity contribution < 1.29 is 9.47 Å². The summed E-state index contributed by atoms with van der Waals surface area (Å²) in [4.78, 5) is 4.43. The first-order valence-electron chi connectivity index (χ1n) is 8.25. The van der Waals surface area contributed by atoms with Gasteiger partial charge in [0.25, 0.3) is 0 Å². The number of hydrogen-bond acceptors (Lipinski definition) is 7. The molecule has 0 unspecified atom stereocenters. The molecular formula is C19H21N5O2. The first-order chi connectivity index (χ1) is 12.8. The highest BCUT2D eigenvalue weighted by Gasteiger charge is 2.04. The van der Waals surface area contributed by atoms with Gasteiger partial charge >= 0.3 is 0 Å². The van der Waals surface area contributed by atoms with Crippen LogP contribution in [0.15, 0.2) is 54.7 Å². The van der Waals surface area contributed by atoms with E-state index in [0.717, 1.165) is 29.2 Å². The molecule has 0 saturated carbocycles. The number of methoxy groups -OCH3 is 2. The summed E-state index contributed by atoms with van der Waals surface area (Å²) >= 11 is 0. The molecule has 1 aromatic heterocycles. The Morgan fingerprint density at radius 3 is 2.73 bits per heavy atom. The van der Waals surface area contributed by atoms with Crippen LogP contribution in [0.5, 0.6) is 11.5 Å². The van der Waals surface area contributed by atoms with E-state index in [1.54, 1.807) is 20.4 Å². The second kappa shape index (κ2) is 8.66. The van der Waals surface area contributed by atoms with Crippen molar-refractivity contribution in [1.29, 1.82) is 0 Å². The molecular weight excluding hydrogens is 330 g/mol. The second-order valence-corrected chi connectivity index (χ2v) is 5.51. The summed E-state index contributed by atoms with van der Waals surface area (Å²) in [6, 6.07) is 15.5. The quantitative estimate of drug-likeness (QED) is 0.644. The Morgan fingerprint density at radius 1 is 1.00 bits per heavy atom. The SMILES string of the molecule is COc1cccc(Nc2cnnc(NCCc3ccccc3OC)n2)c1. The fraction of sp³-hybridized carbons (Fsp3) is 0.211. The first-order valence-corrected chi connectivity index (χ1v) is 8.25. The number of aromatic nitrogens is 3. The lowest BCUT2D eigenvalue weighted by Crippen LogP contribution is -2.10. The molecule has 0 radical (unpaired) electrons. The third kappa shape index (κ3) is 4.60. The number of para-hydroxylation sites is 1. The molecule has 3 aromatic rings. The molecule has 0 atom stereocenters. The molecule has 7 heteroatoms. The number of rotatable bonds is 8. The van der Waals surface area contributed by atoms with E-state index >= 15 is 0 Å². The highest BCUT2D eigenvalue weighted by molar-refractivity contribution is 5.58. The van der Waals surface area contributed by atoms with E-state index < -0.39 is 0 Å². The average molecular weight is 351 g/mol. The van der Waals surface area contributed by atoms with E-state index in [1.807, 2.05) is 48.5 Å². The van der Waals surface area contributed by atoms with Gasteiger partial charge in [-0.05, 0) is 30.2 Å². The molecule has 0 bridgehead atoms. The molecule has 3 rings (SSSR count). The molecule has 0 amide bonds. The highest BCUT2D eigenvalue weighted by atomic mass is 16.5. The van der Waals surface area contributed by atoms with E-state index in [1.165, 1.54) is 0 Å². The van der Waals surface area contributed by atoms with Crippen molar-refractivity contribution in [1.82, 2.24) is 15.2 Å². The number of nitrogens with one attached hydrogen (secondary N) is 2. The summed E-state index contributed by atoms with van der Waals surface area (Å²) < 4.78 is 10.6. The maximum Gasteiger partial charge on any atom is 0.244 e. The van der Waals surface area contributed by atoms with E-state index in [9.17, 15) is 0 Å². The van der Waals surface area contributed by atoms with Gasteiger partial charge in [0.05, 0.1) is 20.4 Å². The van der Waals surface area contributed by atoms with Crippen molar-refractivity contribution in [3.63, 3.8) is 0 Å². The van der Waals surface area contributed by atoms with Crippen LogP contribution in [0.2, 0.25) is 0 Å². The minimum atomic E-state index is 0.466. The van der Waals surface area contributed by atoms with Gasteiger partial charge in [0.1, 0.15) is 11.5 Å². The summed E-state index contributed by atoms with van der Waals surface area (Å²) in [5.41, 5.74) is 1.99. The van der Waals surface area contributed by atoms with Crippen LogP contribution in [0.3, 0.4) is 0 Å². The zero-order valence-corrected chi connectivity index (χ0v) is 14.8. The maximum atomic E-state index is 5.36. The fourth-order valence-corrected chi connectivity index (χ4v) is 2.51. The molecule has 0 spiro atoms. The van der Waals surface area contributed by atoms with Gasteiger partial charge in [-0.15, -0.1) is 5.10 Å². The molecule has 26 heavy (non-hydrogen) atoms. The maximum absolute atomic E-state index is 5.36. The van der Waals surface area contributed by atoms with E-state index in [0.29, 0.717) is 18.3 Å². The Bertz CT molecular complexity index is 857. The van der Waals surface area contributed by atoms with Crippen LogP contribution < -0.4 is 20.1 Å². The monoisotopic (exact) mass is 351 g/mol. The smallest absolute Gasteiger partial charge is 0.244 e. The molecule has 0 saturated heterocycles. The summed E-state index contributed by atoms with van der Waals surface area (Å²) in [5, 5.41) is 14.4. The van der Waals surface area contributed by atoms with Gasteiger partial charge in [-0.25, -0.2) is 0 Å². The largest absolute Gasteiger partial charge is 0.497 e. The number of nitrogens with zero attached hydrogens (tertiary/aromatic N) is 3. The van der Waals surface area contributed by atoms with Crippen LogP contribution in [0, 0.1) is 0 Å². The normalized spacial score (nSPS) is 10.2. The third-order valence-electron chi connectivity index (χ3n) is 3.77. The van der Waals surface area contributed by atoms with Crippen LogP contribution in [0.4, 0.5) is 17.5 Å². The average Bonchev–Trinajstić information content (AvgIpc) is 2.69. The fourth-order valence-electron chi connectivity index (χ4n) is 2.51. The Kier molecular flexibility index (Phi) is 5.82. The summed E-state index contributed by atoms with van der Waals surface area (Å²) in [6.07, 6.45) is 2.37. The zero-order valence-electron chi connectivity index (χ0n) is 14.8. The predicted molar refractivity (Wildman–Crippen MR) is 101 cm³/mol. The summed E-state index contributed by atoms with van der Waals surface area (Å²) in [7, 11) is 3.31. The van der Waals surface area contributed by atoms with Crippen LogP contribution in [0.1, 0.15) is 5.56 Å². The molecule has 7 nitrogen and oxygen atoms in total. The van der Waals surface area contributed by atoms with Gasteiger partial charge in [-0.2, -0.15) is 10.1 Å². The Morgan fingerprint density at radius 2 is 1.88 bits per heavy atom. The number of anilines is 3. The lowest BCUT2D eigenvalue weighted by molar-refractivity contribution is 0.410. The van der Waals surface area contributed by atoms with Crippen molar-refractivity contribution in [2.24, 2.45) is 0 Å². The van der Waals surface area contributed by atoms with Crippen molar-refractivity contribution >= 4 is 17.5 Å². The van der Waals surface area contributed by atoms with Crippen molar-refractivity contribution in [3.8, 4) is 11.5 Å². The number of ether oxygens (including phenoxy) is 2. The van der Waals surface area contributed by atoms with Crippen LogP contribution in [0.25, 0.3) is 0 Å². The van der Waals surface area contributed by atoms with Crippen LogP contribution in [-0.2, 0) is 6.42 Å². The molecule has 0 aliphatic heterocycles. The standard InChI is InChI=1S/C19H21N5O2/c1-25-16-8-5-7-15(12-16)22-18-13-21-24-19(23-18)20-11-10-14-6-3-4-9-17(14)26-2/h3-9,12-13H,10-11H2,1-2H3,(H2,20,22,23,24). The van der Waals surface area contributed by atoms with E-state index in [2.05, 4.69) is 25.8 Å². The second-order valence-electron chi connectivity index (χ2n) is 5.51. The Hall–Kier alpha value is -3.35. The number of benzene rings is 2. The van der Waals surface area contributed by atoms with Gasteiger partial charge in [-0.3, -0.25) is 0 Å². The lowest BCUT2D eigenvalue weighted by atomic mass is 10.1. The molecule has 0 aliphatic rings. The van der Waals surface area contributed by atoms with Crippen molar-refractivity contribution in [3.05, 3.63) is 60.3 Å². The van der Waals surface area contributed by atoms with Gasteiger partial charge in [0.2, 0.25) is 5.95 Å². The van der Waals surface area contributed by atoms with Crippen molar-refractivity contribution in [2.45, 2.75) is 6.42 Å².